The number of rotatable bonds is 6. The molecule has 0 aromatic heterocycles. The molecule has 6 nitrogen and oxygen atoms in total. The number of fused-ring (bicyclic) bond motifs is 2. The second-order valence-corrected chi connectivity index (χ2v) is 10.7. The number of halogens is 3. The number of nitrogens with two attached hydrogens (primary N) is 1. The van der Waals surface area contributed by atoms with E-state index >= 15 is 0 Å². The third-order valence-corrected chi connectivity index (χ3v) is 8.40. The highest BCUT2D eigenvalue weighted by molar-refractivity contribution is 8.14. The van der Waals surface area contributed by atoms with Crippen LogP contribution in [0.25, 0.3) is 0 Å². The van der Waals surface area contributed by atoms with E-state index in [1.165, 1.54) is 4.90 Å². The van der Waals surface area contributed by atoms with Gasteiger partial charge in [-0.2, -0.15) is 0 Å². The Morgan fingerprint density at radius 1 is 1.00 bits per heavy atom. The van der Waals surface area contributed by atoms with E-state index in [1.807, 2.05) is 4.90 Å². The molecule has 0 aliphatic carbocycles. The van der Waals surface area contributed by atoms with Crippen molar-refractivity contribution >= 4 is 28.8 Å². The van der Waals surface area contributed by atoms with Crippen molar-refractivity contribution in [1.29, 1.82) is 0 Å². The molecule has 2 aromatic carbocycles. The quantitative estimate of drug-likeness (QED) is 0.580. The molecule has 3 aliphatic heterocycles. The molecule has 4 atom stereocenters. The van der Waals surface area contributed by atoms with Crippen molar-refractivity contribution in [3.8, 4) is 0 Å². The molecule has 190 valence electrons. The summed E-state index contributed by atoms with van der Waals surface area (Å²) >= 11 is 0.989. The maximum absolute atomic E-state index is 14.1. The molecule has 10 heteroatoms. The van der Waals surface area contributed by atoms with Gasteiger partial charge in [0.2, 0.25) is 5.91 Å². The Morgan fingerprint density at radius 2 is 1.64 bits per heavy atom. The van der Waals surface area contributed by atoms with Crippen molar-refractivity contribution in [2.75, 3.05) is 5.75 Å². The average molecular weight is 518 g/mol. The van der Waals surface area contributed by atoms with E-state index < -0.39 is 23.5 Å². The summed E-state index contributed by atoms with van der Waals surface area (Å²) < 4.78 is 40.9. The summed E-state index contributed by atoms with van der Waals surface area (Å²) in [5, 5.41) is -0.259. The first-order valence-electron chi connectivity index (χ1n) is 12.0. The molecule has 3 saturated heterocycles. The van der Waals surface area contributed by atoms with E-state index in [0.29, 0.717) is 24.5 Å². The van der Waals surface area contributed by atoms with E-state index in [0.717, 1.165) is 36.2 Å². The first kappa shape index (κ1) is 24.8. The molecule has 3 fully saturated rings. The van der Waals surface area contributed by atoms with E-state index in [-0.39, 0.29) is 59.3 Å². The van der Waals surface area contributed by atoms with Gasteiger partial charge in [-0.15, -0.1) is 0 Å². The average Bonchev–Trinajstić information content (AvgIpc) is 3.31. The number of imide groups is 1. The normalized spacial score (nSPS) is 24.5. The summed E-state index contributed by atoms with van der Waals surface area (Å²) in [7, 11) is 0. The molecule has 2 N–H and O–H groups in total. The molecule has 0 radical (unpaired) electrons. The fourth-order valence-corrected chi connectivity index (χ4v) is 6.38. The highest BCUT2D eigenvalue weighted by Gasteiger charge is 2.44. The maximum Gasteiger partial charge on any atom is 0.289 e. The lowest BCUT2D eigenvalue weighted by Gasteiger charge is -2.41. The number of hydrogen-bond acceptors (Lipinski definition) is 5. The number of carbonyl (C=O) groups is 3. The summed E-state index contributed by atoms with van der Waals surface area (Å²) in [6.07, 6.45) is 3.15. The Labute approximate surface area is 211 Å². The van der Waals surface area contributed by atoms with Crippen LogP contribution in [0.2, 0.25) is 0 Å². The zero-order valence-corrected chi connectivity index (χ0v) is 20.3. The molecule has 0 saturated carbocycles. The first-order valence-corrected chi connectivity index (χ1v) is 13.0. The smallest absolute Gasteiger partial charge is 0.289 e. The van der Waals surface area contributed by atoms with Gasteiger partial charge in [-0.05, 0) is 67.3 Å². The molecule has 36 heavy (non-hydrogen) atoms. The van der Waals surface area contributed by atoms with Crippen LogP contribution < -0.4 is 5.73 Å². The molecule has 2 bridgehead atoms. The monoisotopic (exact) mass is 517 g/mol. The van der Waals surface area contributed by atoms with Gasteiger partial charge in [0.1, 0.15) is 5.82 Å². The number of nitrogens with zero attached hydrogens (tertiary/aromatic N) is 2. The van der Waals surface area contributed by atoms with Crippen LogP contribution in [0.4, 0.5) is 18.0 Å². The van der Waals surface area contributed by atoms with Crippen molar-refractivity contribution in [2.24, 2.45) is 11.7 Å². The predicted octanol–water partition coefficient (Wildman–Crippen LogP) is 4.25. The van der Waals surface area contributed by atoms with Crippen molar-refractivity contribution in [3.63, 3.8) is 0 Å². The van der Waals surface area contributed by atoms with Gasteiger partial charge in [-0.25, -0.2) is 13.2 Å². The Morgan fingerprint density at radius 3 is 2.25 bits per heavy atom. The molecule has 0 spiro atoms. The zero-order valence-electron chi connectivity index (χ0n) is 19.5. The van der Waals surface area contributed by atoms with Gasteiger partial charge >= 0.3 is 0 Å². The summed E-state index contributed by atoms with van der Waals surface area (Å²) in [5.41, 5.74) is 7.75. The van der Waals surface area contributed by atoms with E-state index in [4.69, 9.17) is 5.73 Å². The lowest BCUT2D eigenvalue weighted by molar-refractivity contribution is -0.125. The lowest BCUT2D eigenvalue weighted by Crippen LogP contribution is -2.50. The van der Waals surface area contributed by atoms with Crippen molar-refractivity contribution in [1.82, 2.24) is 9.80 Å². The molecule has 0 unspecified atom stereocenters. The second-order valence-electron chi connectivity index (χ2n) is 9.79. The number of benzene rings is 2. The highest BCUT2D eigenvalue weighted by Crippen LogP contribution is 2.41. The summed E-state index contributed by atoms with van der Waals surface area (Å²) in [5.74, 6) is -3.21. The van der Waals surface area contributed by atoms with Crippen LogP contribution in [-0.2, 0) is 17.8 Å². The van der Waals surface area contributed by atoms with Gasteiger partial charge in [0.05, 0.1) is 12.3 Å². The minimum Gasteiger partial charge on any atom is -0.333 e. The van der Waals surface area contributed by atoms with Gasteiger partial charge in [0.15, 0.2) is 11.6 Å². The van der Waals surface area contributed by atoms with Crippen LogP contribution in [0.3, 0.4) is 0 Å². The molecular formula is C26H26F3N3O3S. The van der Waals surface area contributed by atoms with E-state index in [9.17, 15) is 27.6 Å². The molecule has 3 heterocycles. The van der Waals surface area contributed by atoms with Crippen LogP contribution in [0.5, 0.6) is 0 Å². The number of thioether (sulfide) groups is 1. The van der Waals surface area contributed by atoms with Gasteiger partial charge < -0.3 is 10.6 Å². The van der Waals surface area contributed by atoms with Gasteiger partial charge in [0.25, 0.3) is 11.1 Å². The molecule has 3 aliphatic rings. The molecule has 5 rings (SSSR count). The van der Waals surface area contributed by atoms with Crippen LogP contribution in [0, 0.1) is 23.4 Å². The predicted molar refractivity (Wildman–Crippen MR) is 129 cm³/mol. The van der Waals surface area contributed by atoms with Crippen LogP contribution in [-0.4, -0.2) is 50.7 Å². The van der Waals surface area contributed by atoms with Gasteiger partial charge in [-0.3, -0.25) is 19.3 Å². The summed E-state index contributed by atoms with van der Waals surface area (Å²) in [6.45, 7) is 0.187. The van der Waals surface area contributed by atoms with Gasteiger partial charge in [0, 0.05) is 29.8 Å². The molecule has 2 aromatic rings. The Bertz CT molecular complexity index is 1180. The first-order chi connectivity index (χ1) is 17.2. The minimum absolute atomic E-state index is 0.0126. The zero-order chi connectivity index (χ0) is 25.6. The van der Waals surface area contributed by atoms with E-state index in [1.54, 1.807) is 24.3 Å². The third kappa shape index (κ3) is 4.76. The van der Waals surface area contributed by atoms with E-state index in [2.05, 4.69) is 0 Å². The van der Waals surface area contributed by atoms with Crippen LogP contribution in [0.1, 0.15) is 47.2 Å². The minimum atomic E-state index is -1.22. The summed E-state index contributed by atoms with van der Waals surface area (Å²) in [6, 6.07) is 7.98. The van der Waals surface area contributed by atoms with Crippen molar-refractivity contribution < 1.29 is 27.6 Å². The number of amides is 3. The standard InChI is InChI=1S/C26H26F3N3O3S/c27-20-11-22(29)21(28)9-16(20)10-23(30)17-7-18-5-6-19(8-17)32(18)25(34)15-3-1-14(2-4-15)12-31-24(33)13-36-26(31)35/h1-4,9,11,17-19,23H,5-8,10,12-13,30H2/t17-,18-,19+,23-/m1/s1. The number of piperidine rings is 1. The Hall–Kier alpha value is -2.85. The fraction of sp³-hybridized carbons (Fsp3) is 0.423. The second kappa shape index (κ2) is 9.89. The van der Waals surface area contributed by atoms with Crippen molar-refractivity contribution in [2.45, 2.75) is 56.8 Å². The fourth-order valence-electron chi connectivity index (χ4n) is 5.66. The topological polar surface area (TPSA) is 83.7 Å². The van der Waals surface area contributed by atoms with Crippen LogP contribution in [0.15, 0.2) is 36.4 Å². The highest BCUT2D eigenvalue weighted by atomic mass is 32.2. The number of carbonyl (C=O) groups excluding carboxylic acids is 3. The third-order valence-electron chi connectivity index (χ3n) is 7.54. The Kier molecular flexibility index (Phi) is 6.82. The maximum atomic E-state index is 14.1. The van der Waals surface area contributed by atoms with Crippen LogP contribution >= 0.6 is 11.8 Å². The molecular weight excluding hydrogens is 491 g/mol. The number of hydrogen-bond donors (Lipinski definition) is 1. The summed E-state index contributed by atoms with van der Waals surface area (Å²) in [4.78, 5) is 40.1. The lowest BCUT2D eigenvalue weighted by atomic mass is 9.82. The largest absolute Gasteiger partial charge is 0.333 e. The van der Waals surface area contributed by atoms with Crippen molar-refractivity contribution in [3.05, 3.63) is 70.5 Å². The SMILES string of the molecule is N[C@H](Cc1cc(F)c(F)cc1F)[C@@H]1C[C@H]2CC[C@@H](C1)N2C(=O)c1ccc(CN2C(=O)CSC2=O)cc1. The molecule has 3 amide bonds. The van der Waals surface area contributed by atoms with Gasteiger partial charge in [-0.1, -0.05) is 23.9 Å². The Balaban J connectivity index is 1.22.